The molecule has 1 aromatic heterocycles. The number of aromatic amines is 1. The Labute approximate surface area is 81.4 Å². The molecule has 0 spiro atoms. The van der Waals surface area contributed by atoms with Crippen LogP contribution < -0.4 is 11.2 Å². The second-order valence-electron chi connectivity index (χ2n) is 3.44. The fourth-order valence-electron chi connectivity index (χ4n) is 1.31. The van der Waals surface area contributed by atoms with Crippen molar-refractivity contribution >= 4 is 0 Å². The summed E-state index contributed by atoms with van der Waals surface area (Å²) in [5.41, 5.74) is -3.49. The molecular formula is C8H7F3N2O2. The summed E-state index contributed by atoms with van der Waals surface area (Å²) < 4.78 is 37.9. The van der Waals surface area contributed by atoms with E-state index in [-0.39, 0.29) is 6.04 Å². The van der Waals surface area contributed by atoms with E-state index in [4.69, 9.17) is 0 Å². The third-order valence-electron chi connectivity index (χ3n) is 2.21. The number of nitrogens with zero attached hydrogens (tertiary/aromatic N) is 1. The number of hydrogen-bond acceptors (Lipinski definition) is 2. The number of nitrogens with one attached hydrogen (secondary N) is 1. The number of rotatable bonds is 1. The molecular weight excluding hydrogens is 213 g/mol. The van der Waals surface area contributed by atoms with Gasteiger partial charge in [-0.2, -0.15) is 13.2 Å². The van der Waals surface area contributed by atoms with Crippen molar-refractivity contribution < 1.29 is 13.2 Å². The smallest absolute Gasteiger partial charge is 0.297 e. The van der Waals surface area contributed by atoms with Crippen LogP contribution in [0.1, 0.15) is 24.4 Å². The van der Waals surface area contributed by atoms with Crippen LogP contribution in [-0.4, -0.2) is 9.55 Å². The van der Waals surface area contributed by atoms with Gasteiger partial charge < -0.3 is 0 Å². The van der Waals surface area contributed by atoms with Gasteiger partial charge in [0.05, 0.1) is 0 Å². The lowest BCUT2D eigenvalue weighted by atomic mass is 10.3. The van der Waals surface area contributed by atoms with Crippen LogP contribution in [0.15, 0.2) is 15.8 Å². The molecule has 1 fully saturated rings. The number of hydrogen-bond donors (Lipinski definition) is 1. The molecule has 0 radical (unpaired) electrons. The highest BCUT2D eigenvalue weighted by Crippen LogP contribution is 2.34. The van der Waals surface area contributed by atoms with Gasteiger partial charge in [0.25, 0.3) is 5.56 Å². The summed E-state index contributed by atoms with van der Waals surface area (Å²) >= 11 is 0. The zero-order chi connectivity index (χ0) is 11.2. The number of aromatic nitrogens is 2. The lowest BCUT2D eigenvalue weighted by Gasteiger charge is -2.08. The molecule has 0 unspecified atom stereocenters. The topological polar surface area (TPSA) is 54.9 Å². The number of alkyl halides is 3. The largest absolute Gasteiger partial charge is 0.423 e. The van der Waals surface area contributed by atoms with E-state index in [1.165, 1.54) is 0 Å². The molecule has 2 rings (SSSR count). The van der Waals surface area contributed by atoms with E-state index in [1.54, 1.807) is 4.98 Å². The Balaban J connectivity index is 2.61. The molecule has 0 bridgehead atoms. The van der Waals surface area contributed by atoms with E-state index in [1.807, 2.05) is 0 Å². The van der Waals surface area contributed by atoms with Crippen molar-refractivity contribution in [3.63, 3.8) is 0 Å². The summed E-state index contributed by atoms with van der Waals surface area (Å²) in [5, 5.41) is 0. The molecule has 1 aromatic rings. The predicted molar refractivity (Wildman–Crippen MR) is 44.6 cm³/mol. The van der Waals surface area contributed by atoms with Gasteiger partial charge in [0.15, 0.2) is 0 Å². The molecule has 1 saturated carbocycles. The fraction of sp³-hybridized carbons (Fsp3) is 0.500. The van der Waals surface area contributed by atoms with Gasteiger partial charge in [0, 0.05) is 12.2 Å². The maximum Gasteiger partial charge on any atom is 0.423 e. The van der Waals surface area contributed by atoms with Crippen LogP contribution >= 0.6 is 0 Å². The van der Waals surface area contributed by atoms with E-state index in [2.05, 4.69) is 0 Å². The Morgan fingerprint density at radius 2 is 1.93 bits per heavy atom. The van der Waals surface area contributed by atoms with Crippen LogP contribution in [0, 0.1) is 0 Å². The predicted octanol–water partition coefficient (Wildman–Crippen LogP) is 0.890. The van der Waals surface area contributed by atoms with Gasteiger partial charge in [0.1, 0.15) is 5.56 Å². The molecule has 1 aliphatic rings. The quantitative estimate of drug-likeness (QED) is 0.764. The summed E-state index contributed by atoms with van der Waals surface area (Å²) in [6.45, 7) is 0. The maximum atomic E-state index is 12.3. The zero-order valence-electron chi connectivity index (χ0n) is 7.47. The molecule has 15 heavy (non-hydrogen) atoms. The molecule has 1 N–H and O–H groups in total. The Kier molecular flexibility index (Phi) is 1.99. The van der Waals surface area contributed by atoms with Crippen LogP contribution in [-0.2, 0) is 6.18 Å². The van der Waals surface area contributed by atoms with Crippen molar-refractivity contribution in [3.8, 4) is 0 Å². The third kappa shape index (κ3) is 1.81. The van der Waals surface area contributed by atoms with Gasteiger partial charge in [0.2, 0.25) is 0 Å². The van der Waals surface area contributed by atoms with E-state index >= 15 is 0 Å². The van der Waals surface area contributed by atoms with Gasteiger partial charge in [-0.1, -0.05) is 0 Å². The fourth-order valence-corrected chi connectivity index (χ4v) is 1.31. The van der Waals surface area contributed by atoms with E-state index < -0.39 is 23.0 Å². The van der Waals surface area contributed by atoms with Crippen molar-refractivity contribution in [2.45, 2.75) is 25.1 Å². The first-order chi connectivity index (χ1) is 6.89. The highest BCUT2D eigenvalue weighted by Gasteiger charge is 2.36. The molecule has 0 amide bonds. The first kappa shape index (κ1) is 10.0. The first-order valence-electron chi connectivity index (χ1n) is 4.32. The second-order valence-corrected chi connectivity index (χ2v) is 3.44. The molecule has 7 heteroatoms. The lowest BCUT2D eigenvalue weighted by Crippen LogP contribution is -2.34. The SMILES string of the molecule is O=c1[nH]c(=O)n(C2CC2)cc1C(F)(F)F. The monoisotopic (exact) mass is 220 g/mol. The van der Waals surface area contributed by atoms with E-state index in [0.717, 1.165) is 4.57 Å². The Morgan fingerprint density at radius 1 is 1.33 bits per heavy atom. The van der Waals surface area contributed by atoms with Crippen molar-refractivity contribution in [1.82, 2.24) is 9.55 Å². The van der Waals surface area contributed by atoms with Crippen LogP contribution in [0.5, 0.6) is 0 Å². The maximum absolute atomic E-state index is 12.3. The molecule has 0 saturated heterocycles. The molecule has 82 valence electrons. The third-order valence-corrected chi connectivity index (χ3v) is 2.21. The average Bonchev–Trinajstić information content (AvgIpc) is 2.84. The number of H-pyrrole nitrogens is 1. The normalized spacial score (nSPS) is 16.7. The summed E-state index contributed by atoms with van der Waals surface area (Å²) in [6, 6.07) is -0.199. The molecule has 0 atom stereocenters. The highest BCUT2D eigenvalue weighted by atomic mass is 19.4. The lowest BCUT2D eigenvalue weighted by molar-refractivity contribution is -0.139. The van der Waals surface area contributed by atoms with Crippen molar-refractivity contribution in [1.29, 1.82) is 0 Å². The van der Waals surface area contributed by atoms with Gasteiger partial charge in [-0.3, -0.25) is 14.3 Å². The summed E-state index contributed by atoms with van der Waals surface area (Å²) in [4.78, 5) is 23.7. The Hall–Kier alpha value is -1.53. The van der Waals surface area contributed by atoms with Crippen LogP contribution in [0.3, 0.4) is 0 Å². The minimum Gasteiger partial charge on any atom is -0.297 e. The Morgan fingerprint density at radius 3 is 2.40 bits per heavy atom. The first-order valence-corrected chi connectivity index (χ1v) is 4.32. The van der Waals surface area contributed by atoms with Gasteiger partial charge in [-0.05, 0) is 12.8 Å². The average molecular weight is 220 g/mol. The van der Waals surface area contributed by atoms with Crippen LogP contribution in [0.2, 0.25) is 0 Å². The summed E-state index contributed by atoms with van der Waals surface area (Å²) in [6.07, 6.45) is -2.79. The molecule has 1 aliphatic carbocycles. The standard InChI is InChI=1S/C8H7F3N2O2/c9-8(10,11)5-3-13(4-1-2-4)7(15)12-6(5)14/h3-4H,1-2H2,(H,12,14,15). The van der Waals surface area contributed by atoms with Crippen molar-refractivity contribution in [2.24, 2.45) is 0 Å². The molecule has 0 aromatic carbocycles. The highest BCUT2D eigenvalue weighted by molar-refractivity contribution is 5.10. The van der Waals surface area contributed by atoms with Crippen LogP contribution in [0.25, 0.3) is 0 Å². The van der Waals surface area contributed by atoms with Crippen molar-refractivity contribution in [2.75, 3.05) is 0 Å². The minimum atomic E-state index is -4.72. The molecule has 4 nitrogen and oxygen atoms in total. The van der Waals surface area contributed by atoms with Crippen molar-refractivity contribution in [3.05, 3.63) is 32.6 Å². The summed E-state index contributed by atoms with van der Waals surface area (Å²) in [7, 11) is 0. The second kappa shape index (κ2) is 2.98. The zero-order valence-corrected chi connectivity index (χ0v) is 7.47. The van der Waals surface area contributed by atoms with E-state index in [9.17, 15) is 22.8 Å². The van der Waals surface area contributed by atoms with Gasteiger partial charge in [-0.25, -0.2) is 4.79 Å². The van der Waals surface area contributed by atoms with Gasteiger partial charge >= 0.3 is 11.9 Å². The molecule has 1 heterocycles. The van der Waals surface area contributed by atoms with E-state index in [0.29, 0.717) is 19.0 Å². The Bertz CT molecular complexity index is 496. The summed E-state index contributed by atoms with van der Waals surface area (Å²) in [5.74, 6) is 0. The molecule has 0 aliphatic heterocycles. The van der Waals surface area contributed by atoms with Gasteiger partial charge in [-0.15, -0.1) is 0 Å². The van der Waals surface area contributed by atoms with Crippen LogP contribution in [0.4, 0.5) is 13.2 Å². The minimum absolute atomic E-state index is 0.199. The number of halogens is 3.